The quantitative estimate of drug-likeness (QED) is 0.141. The summed E-state index contributed by atoms with van der Waals surface area (Å²) in [4.78, 5) is 24.9. The number of hydrogen-bond acceptors (Lipinski definition) is 5. The number of alkyl halides is 5. The molecule has 3 unspecified atom stereocenters. The lowest BCUT2D eigenvalue weighted by molar-refractivity contribution is -0.261. The number of halogens is 8. The maximum atomic E-state index is 13.7. The molecule has 16 heteroatoms. The molecule has 1 aliphatic carbocycles. The number of carbonyl (C=O) groups is 2. The maximum absolute atomic E-state index is 13.7. The summed E-state index contributed by atoms with van der Waals surface area (Å²) in [5.41, 5.74) is 0.363. The Morgan fingerprint density at radius 3 is 2.27 bits per heavy atom. The zero-order chi connectivity index (χ0) is 25.4. The van der Waals surface area contributed by atoms with Crippen LogP contribution in [0.2, 0.25) is 0 Å². The summed E-state index contributed by atoms with van der Waals surface area (Å²) >= 11 is 6.07. The van der Waals surface area contributed by atoms with Gasteiger partial charge in [-0.15, -0.1) is 0 Å². The van der Waals surface area contributed by atoms with Crippen LogP contribution in [0, 0.1) is 16.6 Å². The molecule has 1 amide bonds. The highest BCUT2D eigenvalue weighted by atomic mass is 127. The van der Waals surface area contributed by atoms with Crippen molar-refractivity contribution in [2.75, 3.05) is 0 Å². The predicted molar refractivity (Wildman–Crippen MR) is 130 cm³/mol. The van der Waals surface area contributed by atoms with Crippen LogP contribution in [0.25, 0.3) is 0 Å². The first-order valence-corrected chi connectivity index (χ1v) is 13.7. The molecule has 0 spiro atoms. The summed E-state index contributed by atoms with van der Waals surface area (Å²) in [6.45, 7) is 0. The van der Waals surface area contributed by atoms with Crippen LogP contribution in [-0.4, -0.2) is 48.4 Å². The van der Waals surface area contributed by atoms with Gasteiger partial charge in [-0.3, -0.25) is 14.1 Å². The van der Waals surface area contributed by atoms with E-state index in [1.807, 2.05) is 51.2 Å². The number of hydrogen-bond donors (Lipinski definition) is 2. The van der Waals surface area contributed by atoms with E-state index in [0.29, 0.717) is 15.6 Å². The molecule has 33 heavy (non-hydrogen) atoms. The summed E-state index contributed by atoms with van der Waals surface area (Å²) in [5, 5.41) is -3.10. The second kappa shape index (κ2) is 10.9. The van der Waals surface area contributed by atoms with Crippen molar-refractivity contribution in [1.29, 1.82) is 0 Å². The topological polar surface area (TPSA) is 110 Å². The van der Waals surface area contributed by atoms with Crippen molar-refractivity contribution < 1.29 is 49.2 Å². The van der Waals surface area contributed by atoms with Crippen LogP contribution in [0.4, 0.5) is 22.0 Å². The third-order valence-electron chi connectivity index (χ3n) is 4.76. The van der Waals surface area contributed by atoms with E-state index in [1.165, 1.54) is 0 Å². The summed E-state index contributed by atoms with van der Waals surface area (Å²) in [7, 11) is -6.52. The van der Waals surface area contributed by atoms with Gasteiger partial charge in [-0.2, -0.15) is 30.4 Å². The van der Waals surface area contributed by atoms with E-state index < -0.39 is 51.5 Å². The largest absolute Gasteiger partial charge is 0.444 e. The van der Waals surface area contributed by atoms with Gasteiger partial charge in [0.25, 0.3) is 12.0 Å². The highest BCUT2D eigenvalue weighted by molar-refractivity contribution is 14.1. The van der Waals surface area contributed by atoms with E-state index in [0.717, 1.165) is 7.14 Å². The van der Waals surface area contributed by atoms with Gasteiger partial charge in [0.1, 0.15) is 0 Å². The SMILES string of the molecule is O=C(NC1CCCC(C(=O)OC(C(F)(F)F)C(F)(F)S(=O)(=O)O)C1)c1cc(I)cc(I)c1I. The molecule has 1 aromatic carbocycles. The molecule has 2 rings (SSSR count). The van der Waals surface area contributed by atoms with Crippen molar-refractivity contribution in [3.63, 3.8) is 0 Å². The van der Waals surface area contributed by atoms with Crippen LogP contribution in [0.3, 0.4) is 0 Å². The van der Waals surface area contributed by atoms with Crippen LogP contribution in [0.5, 0.6) is 0 Å². The lowest BCUT2D eigenvalue weighted by atomic mass is 9.85. The van der Waals surface area contributed by atoms with Crippen LogP contribution in [-0.2, 0) is 19.6 Å². The van der Waals surface area contributed by atoms with Crippen molar-refractivity contribution in [2.45, 2.75) is 49.3 Å². The van der Waals surface area contributed by atoms with Crippen molar-refractivity contribution in [3.05, 3.63) is 28.4 Å². The summed E-state index contributed by atoms with van der Waals surface area (Å²) < 4.78 is 103. The molecule has 0 aromatic heterocycles. The molecule has 7 nitrogen and oxygen atoms in total. The van der Waals surface area contributed by atoms with Crippen molar-refractivity contribution >= 4 is 89.8 Å². The minimum atomic E-state index is -6.52. The Kier molecular flexibility index (Phi) is 9.62. The van der Waals surface area contributed by atoms with Crippen molar-refractivity contribution in [2.24, 2.45) is 5.92 Å². The van der Waals surface area contributed by atoms with Gasteiger partial charge >= 0.3 is 27.5 Å². The van der Waals surface area contributed by atoms with E-state index in [4.69, 9.17) is 4.55 Å². The van der Waals surface area contributed by atoms with E-state index in [-0.39, 0.29) is 19.3 Å². The number of nitrogens with one attached hydrogen (secondary N) is 1. The molecule has 1 aromatic rings. The van der Waals surface area contributed by atoms with Gasteiger partial charge in [0.15, 0.2) is 0 Å². The van der Waals surface area contributed by atoms with Crippen LogP contribution in [0.15, 0.2) is 12.1 Å². The van der Waals surface area contributed by atoms with Crippen molar-refractivity contribution in [3.8, 4) is 0 Å². The number of esters is 1. The van der Waals surface area contributed by atoms with Crippen LogP contribution >= 0.6 is 67.8 Å². The normalized spacial score (nSPS) is 20.8. The van der Waals surface area contributed by atoms with Gasteiger partial charge < -0.3 is 10.1 Å². The first-order chi connectivity index (χ1) is 14.9. The first kappa shape index (κ1) is 29.1. The standard InChI is InChI=1S/C17H15F5I3NO6S/c18-16(19,20)15(17(21,22)33(29,30)31)32-14(28)7-2-1-3-9(4-7)26-13(27)10-5-8(23)6-11(24)12(10)25/h5-7,9,15H,1-4H2,(H,26,27)(H,29,30,31). The summed E-state index contributed by atoms with van der Waals surface area (Å²) in [5.74, 6) is -3.46. The Balaban J connectivity index is 2.14. The third kappa shape index (κ3) is 7.21. The molecule has 1 saturated carbocycles. The van der Waals surface area contributed by atoms with Gasteiger partial charge in [0.05, 0.1) is 11.5 Å². The third-order valence-corrected chi connectivity index (χ3v) is 9.33. The molecule has 1 aliphatic rings. The number of ether oxygens (including phenoxy) is 1. The second-order valence-electron chi connectivity index (χ2n) is 7.18. The second-order valence-corrected chi connectivity index (χ2v) is 12.2. The van der Waals surface area contributed by atoms with E-state index in [2.05, 4.69) is 32.6 Å². The van der Waals surface area contributed by atoms with E-state index in [9.17, 15) is 40.0 Å². The monoisotopic (exact) mass is 837 g/mol. The maximum Gasteiger partial charge on any atom is 0.432 e. The predicted octanol–water partition coefficient (Wildman–Crippen LogP) is 4.74. The average molecular weight is 837 g/mol. The Morgan fingerprint density at radius 2 is 1.73 bits per heavy atom. The highest BCUT2D eigenvalue weighted by Crippen LogP contribution is 2.39. The molecule has 3 atom stereocenters. The Labute approximate surface area is 226 Å². The highest BCUT2D eigenvalue weighted by Gasteiger charge is 2.66. The average Bonchev–Trinajstić information content (AvgIpc) is 2.66. The van der Waals surface area contributed by atoms with Crippen LogP contribution < -0.4 is 5.32 Å². The Bertz CT molecular complexity index is 1040. The van der Waals surface area contributed by atoms with Crippen LogP contribution in [0.1, 0.15) is 36.0 Å². The first-order valence-electron chi connectivity index (χ1n) is 9.02. The van der Waals surface area contributed by atoms with Crippen molar-refractivity contribution in [1.82, 2.24) is 5.32 Å². The molecule has 1 fully saturated rings. The van der Waals surface area contributed by atoms with Gasteiger partial charge in [-0.1, -0.05) is 6.42 Å². The Morgan fingerprint density at radius 1 is 1.12 bits per heavy atom. The van der Waals surface area contributed by atoms with Gasteiger partial charge in [0.2, 0.25) is 0 Å². The molecule has 0 aliphatic heterocycles. The fraction of sp³-hybridized carbons (Fsp3) is 0.529. The molecular weight excluding hydrogens is 822 g/mol. The molecule has 0 saturated heterocycles. The molecule has 186 valence electrons. The fourth-order valence-electron chi connectivity index (χ4n) is 3.19. The number of amides is 1. The summed E-state index contributed by atoms with van der Waals surface area (Å²) in [6, 6.07) is 2.84. The lowest BCUT2D eigenvalue weighted by Crippen LogP contribution is -2.53. The minimum absolute atomic E-state index is 0.00804. The molecule has 0 radical (unpaired) electrons. The zero-order valence-corrected chi connectivity index (χ0v) is 23.4. The lowest BCUT2D eigenvalue weighted by Gasteiger charge is -2.31. The van der Waals surface area contributed by atoms with E-state index in [1.54, 1.807) is 6.07 Å². The Hall–Kier alpha value is -0.0900. The van der Waals surface area contributed by atoms with Gasteiger partial charge in [-0.05, 0) is 99.2 Å². The zero-order valence-electron chi connectivity index (χ0n) is 16.1. The van der Waals surface area contributed by atoms with Gasteiger partial charge in [-0.25, -0.2) is 0 Å². The molecular formula is C17H15F5I3NO6S. The number of carbonyl (C=O) groups excluding carboxylic acids is 2. The minimum Gasteiger partial charge on any atom is -0.444 e. The van der Waals surface area contributed by atoms with E-state index >= 15 is 0 Å². The summed E-state index contributed by atoms with van der Waals surface area (Å²) in [6.07, 6.45) is -9.88. The molecule has 0 heterocycles. The molecule has 0 bridgehead atoms. The smallest absolute Gasteiger partial charge is 0.432 e. The number of benzene rings is 1. The molecule has 2 N–H and O–H groups in total. The fourth-order valence-corrected chi connectivity index (χ4v) is 6.05. The number of rotatable bonds is 6. The van der Waals surface area contributed by atoms with Gasteiger partial charge in [0, 0.05) is 16.8 Å².